The van der Waals surface area contributed by atoms with Crippen LogP contribution in [-0.4, -0.2) is 24.2 Å². The Hall–Kier alpha value is -1.85. The van der Waals surface area contributed by atoms with Crippen LogP contribution in [0.2, 0.25) is 0 Å². The predicted molar refractivity (Wildman–Crippen MR) is 73.5 cm³/mol. The Kier molecular flexibility index (Phi) is 3.00. The Balaban J connectivity index is 1.91. The summed E-state index contributed by atoms with van der Waals surface area (Å²) in [6, 6.07) is 10.8. The molecule has 0 radical (unpaired) electrons. The molecule has 1 fully saturated rings. The van der Waals surface area contributed by atoms with Crippen molar-refractivity contribution in [2.24, 2.45) is 0 Å². The third kappa shape index (κ3) is 1.91. The van der Waals surface area contributed by atoms with Gasteiger partial charge in [0.1, 0.15) is 11.8 Å². The molecule has 0 aliphatic carbocycles. The number of ether oxygens (including phenoxy) is 1. The Labute approximate surface area is 114 Å². The van der Waals surface area contributed by atoms with E-state index in [9.17, 15) is 9.90 Å². The van der Waals surface area contributed by atoms with Crippen LogP contribution < -0.4 is 9.64 Å². The average molecular weight is 275 g/mol. The van der Waals surface area contributed by atoms with Gasteiger partial charge in [-0.05, 0) is 35.7 Å². The molecule has 1 amide bonds. The first kappa shape index (κ1) is 12.2. The number of aliphatic hydroxyl groups is 1. The highest BCUT2D eigenvalue weighted by Gasteiger charge is 2.48. The molecule has 98 valence electrons. The lowest BCUT2D eigenvalue weighted by atomic mass is 9.95. The van der Waals surface area contributed by atoms with Crippen molar-refractivity contribution in [2.45, 2.75) is 12.1 Å². The van der Waals surface area contributed by atoms with E-state index in [1.165, 1.54) is 0 Å². The van der Waals surface area contributed by atoms with Crippen LogP contribution in [0.5, 0.6) is 5.75 Å². The summed E-state index contributed by atoms with van der Waals surface area (Å²) in [7, 11) is 1.60. The van der Waals surface area contributed by atoms with Crippen LogP contribution in [0.15, 0.2) is 41.8 Å². The van der Waals surface area contributed by atoms with Crippen molar-refractivity contribution in [1.82, 2.24) is 0 Å². The van der Waals surface area contributed by atoms with E-state index in [0.717, 1.165) is 16.3 Å². The average Bonchev–Trinajstić information content (AvgIpc) is 2.97. The number of rotatable bonds is 3. The molecule has 2 aromatic rings. The third-order valence-corrected chi connectivity index (χ3v) is 4.20. The molecule has 19 heavy (non-hydrogen) atoms. The Bertz CT molecular complexity index is 579. The van der Waals surface area contributed by atoms with Crippen molar-refractivity contribution in [1.29, 1.82) is 0 Å². The molecule has 0 unspecified atom stereocenters. The van der Waals surface area contributed by atoms with Crippen LogP contribution >= 0.6 is 11.3 Å². The molecule has 1 N–H and O–H groups in total. The summed E-state index contributed by atoms with van der Waals surface area (Å²) >= 11 is 1.54. The van der Waals surface area contributed by atoms with E-state index in [1.54, 1.807) is 35.5 Å². The van der Waals surface area contributed by atoms with E-state index in [-0.39, 0.29) is 11.9 Å². The van der Waals surface area contributed by atoms with Gasteiger partial charge in [-0.3, -0.25) is 9.69 Å². The SMILES string of the molecule is COc1ccc(N2C(=O)[C@@H](O)[C@H]2c2cccs2)cc1. The Morgan fingerprint density at radius 1 is 1.26 bits per heavy atom. The van der Waals surface area contributed by atoms with E-state index in [2.05, 4.69) is 0 Å². The molecule has 1 aliphatic rings. The molecule has 1 aromatic heterocycles. The summed E-state index contributed by atoms with van der Waals surface area (Å²) in [6.07, 6.45) is -0.944. The molecule has 0 bridgehead atoms. The lowest BCUT2D eigenvalue weighted by molar-refractivity contribution is -0.136. The number of carbonyl (C=O) groups is 1. The zero-order valence-electron chi connectivity index (χ0n) is 10.3. The highest BCUT2D eigenvalue weighted by atomic mass is 32.1. The number of thiophene rings is 1. The number of hydrogen-bond acceptors (Lipinski definition) is 4. The first-order chi connectivity index (χ1) is 9.22. The monoisotopic (exact) mass is 275 g/mol. The van der Waals surface area contributed by atoms with Gasteiger partial charge in [0.05, 0.1) is 7.11 Å². The van der Waals surface area contributed by atoms with Crippen molar-refractivity contribution >= 4 is 22.9 Å². The molecule has 4 nitrogen and oxygen atoms in total. The van der Waals surface area contributed by atoms with Crippen LogP contribution in [0, 0.1) is 0 Å². The first-order valence-corrected chi connectivity index (χ1v) is 6.79. The van der Waals surface area contributed by atoms with Gasteiger partial charge in [0.2, 0.25) is 0 Å². The van der Waals surface area contributed by atoms with Crippen molar-refractivity contribution in [2.75, 3.05) is 12.0 Å². The molecule has 3 rings (SSSR count). The summed E-state index contributed by atoms with van der Waals surface area (Å²) in [5.41, 5.74) is 0.773. The molecule has 2 atom stereocenters. The largest absolute Gasteiger partial charge is 0.497 e. The molecule has 1 saturated heterocycles. The van der Waals surface area contributed by atoms with Gasteiger partial charge >= 0.3 is 0 Å². The smallest absolute Gasteiger partial charge is 0.259 e. The van der Waals surface area contributed by atoms with E-state index in [4.69, 9.17) is 4.74 Å². The van der Waals surface area contributed by atoms with Crippen molar-refractivity contribution in [3.63, 3.8) is 0 Å². The molecule has 5 heteroatoms. The van der Waals surface area contributed by atoms with E-state index < -0.39 is 6.10 Å². The number of methoxy groups -OCH3 is 1. The summed E-state index contributed by atoms with van der Waals surface area (Å²) in [4.78, 5) is 14.5. The van der Waals surface area contributed by atoms with Gasteiger partial charge in [-0.15, -0.1) is 11.3 Å². The highest BCUT2D eigenvalue weighted by molar-refractivity contribution is 7.10. The van der Waals surface area contributed by atoms with Crippen molar-refractivity contribution in [3.05, 3.63) is 46.7 Å². The molecular weight excluding hydrogens is 262 g/mol. The number of aliphatic hydroxyl groups excluding tert-OH is 1. The fourth-order valence-corrected chi connectivity index (χ4v) is 3.09. The first-order valence-electron chi connectivity index (χ1n) is 5.91. The zero-order chi connectivity index (χ0) is 13.4. The number of carbonyl (C=O) groups excluding carboxylic acids is 1. The lowest BCUT2D eigenvalue weighted by Crippen LogP contribution is -2.58. The maximum absolute atomic E-state index is 11.9. The van der Waals surface area contributed by atoms with Crippen LogP contribution in [0.1, 0.15) is 10.9 Å². The fourth-order valence-electron chi connectivity index (χ4n) is 2.25. The van der Waals surface area contributed by atoms with Crippen molar-refractivity contribution in [3.8, 4) is 5.75 Å². The number of hydrogen-bond donors (Lipinski definition) is 1. The normalized spacial score (nSPS) is 22.2. The number of nitrogens with zero attached hydrogens (tertiary/aromatic N) is 1. The second-order valence-electron chi connectivity index (χ2n) is 4.31. The van der Waals surface area contributed by atoms with Crippen LogP contribution in [0.4, 0.5) is 5.69 Å². The summed E-state index contributed by atoms with van der Waals surface area (Å²) < 4.78 is 5.10. The van der Waals surface area contributed by atoms with Crippen molar-refractivity contribution < 1.29 is 14.6 Å². The molecule has 1 aromatic carbocycles. The summed E-state index contributed by atoms with van der Waals surface area (Å²) in [6.45, 7) is 0. The van der Waals surface area contributed by atoms with Crippen LogP contribution in [0.3, 0.4) is 0 Å². The maximum Gasteiger partial charge on any atom is 0.259 e. The predicted octanol–water partition coefficient (Wildman–Crippen LogP) is 2.21. The number of β-lactam (4-membered cyclic amide) rings is 1. The van der Waals surface area contributed by atoms with Crippen LogP contribution in [-0.2, 0) is 4.79 Å². The number of amides is 1. The minimum Gasteiger partial charge on any atom is -0.497 e. The van der Waals surface area contributed by atoms with Gasteiger partial charge < -0.3 is 9.84 Å². The Morgan fingerprint density at radius 3 is 2.58 bits per heavy atom. The highest BCUT2D eigenvalue weighted by Crippen LogP contribution is 2.41. The van der Waals surface area contributed by atoms with Crippen LogP contribution in [0.25, 0.3) is 0 Å². The second-order valence-corrected chi connectivity index (χ2v) is 5.29. The molecule has 2 heterocycles. The molecular formula is C14H13NO3S. The van der Waals surface area contributed by atoms with E-state index in [0.29, 0.717) is 0 Å². The molecule has 1 aliphatic heterocycles. The fraction of sp³-hybridized carbons (Fsp3) is 0.214. The Morgan fingerprint density at radius 2 is 2.00 bits per heavy atom. The lowest BCUT2D eigenvalue weighted by Gasteiger charge is -2.43. The minimum atomic E-state index is -0.944. The topological polar surface area (TPSA) is 49.8 Å². The van der Waals surface area contributed by atoms with Gasteiger partial charge in [-0.2, -0.15) is 0 Å². The number of anilines is 1. The van der Waals surface area contributed by atoms with E-state index >= 15 is 0 Å². The van der Waals surface area contributed by atoms with E-state index in [1.807, 2.05) is 29.6 Å². The third-order valence-electron chi connectivity index (χ3n) is 3.25. The number of benzene rings is 1. The van der Waals surface area contributed by atoms with Gasteiger partial charge in [-0.25, -0.2) is 0 Å². The quantitative estimate of drug-likeness (QED) is 0.874. The molecule has 0 saturated carbocycles. The summed E-state index contributed by atoms with van der Waals surface area (Å²) in [5.74, 6) is 0.480. The van der Waals surface area contributed by atoms with Gasteiger partial charge in [-0.1, -0.05) is 6.07 Å². The minimum absolute atomic E-state index is 0.261. The second kappa shape index (κ2) is 4.68. The molecule has 0 spiro atoms. The zero-order valence-corrected chi connectivity index (χ0v) is 11.1. The van der Waals surface area contributed by atoms with Gasteiger partial charge in [0.25, 0.3) is 5.91 Å². The maximum atomic E-state index is 11.9. The summed E-state index contributed by atoms with van der Waals surface area (Å²) in [5, 5.41) is 11.8. The van der Waals surface area contributed by atoms with Gasteiger partial charge in [0.15, 0.2) is 6.10 Å². The van der Waals surface area contributed by atoms with Gasteiger partial charge in [0, 0.05) is 10.6 Å². The standard InChI is InChI=1S/C14H13NO3S/c1-18-10-6-4-9(5-7-10)15-12(13(16)14(15)17)11-3-2-8-19-11/h2-8,12-13,16H,1H3/t12-,13+/m1/s1.